The van der Waals surface area contributed by atoms with Crippen LogP contribution in [0.4, 0.5) is 0 Å². The van der Waals surface area contributed by atoms with Gasteiger partial charge in [0.1, 0.15) is 5.52 Å². The Morgan fingerprint density at radius 3 is 2.80 bits per heavy atom. The molecule has 124 valence electrons. The maximum Gasteiger partial charge on any atom is 0.293 e. The normalized spacial score (nSPS) is 10.9. The minimum Gasteiger partial charge on any atom is -0.428 e. The smallest absolute Gasteiger partial charge is 0.293 e. The van der Waals surface area contributed by atoms with E-state index in [1.54, 1.807) is 18.2 Å². The summed E-state index contributed by atoms with van der Waals surface area (Å²) in [5.74, 6) is -0.185. The molecule has 6 heteroatoms. The average molecular weight is 352 g/mol. The molecule has 2 aromatic carbocycles. The molecule has 0 aliphatic carbocycles. The molecule has 25 heavy (non-hydrogen) atoms. The van der Waals surface area contributed by atoms with Crippen molar-refractivity contribution in [2.75, 3.05) is 0 Å². The molecule has 0 unspecified atom stereocenters. The molecule has 0 bridgehead atoms. The van der Waals surface area contributed by atoms with Crippen LogP contribution in [0.15, 0.2) is 71.3 Å². The van der Waals surface area contributed by atoms with Crippen molar-refractivity contribution in [2.45, 2.75) is 6.54 Å². The van der Waals surface area contributed by atoms with Gasteiger partial charge in [-0.25, -0.2) is 0 Å². The second-order valence-corrected chi connectivity index (χ2v) is 5.86. The third-order valence-electron chi connectivity index (χ3n) is 3.92. The fraction of sp³-hybridized carbons (Fsp3) is 0.0526. The average Bonchev–Trinajstić information content (AvgIpc) is 3.24. The minimum absolute atomic E-state index is 0.0632. The van der Waals surface area contributed by atoms with Crippen molar-refractivity contribution in [3.8, 4) is 5.69 Å². The number of amides is 1. The lowest BCUT2D eigenvalue weighted by atomic mass is 10.2. The summed E-state index contributed by atoms with van der Waals surface area (Å²) in [5.41, 5.74) is 3.65. The van der Waals surface area contributed by atoms with Crippen molar-refractivity contribution >= 4 is 28.6 Å². The van der Waals surface area contributed by atoms with Gasteiger partial charge in [-0.05, 0) is 54.1 Å². The molecule has 4 aromatic rings. The Labute approximate surface area is 148 Å². The van der Waals surface area contributed by atoms with Crippen LogP contribution < -0.4 is 5.32 Å². The van der Waals surface area contributed by atoms with E-state index in [-0.39, 0.29) is 11.3 Å². The lowest BCUT2D eigenvalue weighted by Crippen LogP contribution is -2.23. The number of rotatable bonds is 4. The number of oxazole rings is 1. The van der Waals surface area contributed by atoms with E-state index in [1.165, 1.54) is 0 Å². The van der Waals surface area contributed by atoms with Crippen molar-refractivity contribution in [1.29, 1.82) is 0 Å². The highest BCUT2D eigenvalue weighted by atomic mass is 35.5. The van der Waals surface area contributed by atoms with Crippen LogP contribution in [0.25, 0.3) is 16.8 Å². The van der Waals surface area contributed by atoms with Gasteiger partial charge in [0.2, 0.25) is 0 Å². The third-order valence-corrected chi connectivity index (χ3v) is 4.08. The monoisotopic (exact) mass is 351 g/mol. The van der Waals surface area contributed by atoms with E-state index in [1.807, 2.05) is 53.2 Å². The third kappa shape index (κ3) is 3.14. The van der Waals surface area contributed by atoms with Gasteiger partial charge in [0.25, 0.3) is 11.3 Å². The Hall–Kier alpha value is -3.05. The summed E-state index contributed by atoms with van der Waals surface area (Å²) in [7, 11) is 0. The fourth-order valence-corrected chi connectivity index (χ4v) is 2.89. The number of fused-ring (bicyclic) bond motifs is 1. The number of carbonyl (C=O) groups is 1. The molecule has 0 saturated carbocycles. The number of nitrogens with zero attached hydrogens (tertiary/aromatic N) is 2. The van der Waals surface area contributed by atoms with Crippen LogP contribution in [0, 0.1) is 0 Å². The minimum atomic E-state index is -0.185. The van der Waals surface area contributed by atoms with Gasteiger partial charge in [0, 0.05) is 23.1 Å². The van der Waals surface area contributed by atoms with E-state index < -0.39 is 0 Å². The van der Waals surface area contributed by atoms with E-state index in [0.29, 0.717) is 23.2 Å². The molecule has 2 heterocycles. The summed E-state index contributed by atoms with van der Waals surface area (Å²) < 4.78 is 7.30. The zero-order valence-corrected chi connectivity index (χ0v) is 13.9. The summed E-state index contributed by atoms with van der Waals surface area (Å²) in [5, 5.41) is 2.99. The van der Waals surface area contributed by atoms with E-state index >= 15 is 0 Å². The van der Waals surface area contributed by atoms with E-state index in [2.05, 4.69) is 10.3 Å². The highest BCUT2D eigenvalue weighted by Gasteiger charge is 2.11. The molecule has 0 saturated heterocycles. The molecule has 0 radical (unpaired) electrons. The maximum absolute atomic E-state index is 12.4. The molecular weight excluding hydrogens is 338 g/mol. The molecule has 0 aliphatic heterocycles. The van der Waals surface area contributed by atoms with Gasteiger partial charge in [-0.3, -0.25) is 4.79 Å². The first-order chi connectivity index (χ1) is 12.2. The van der Waals surface area contributed by atoms with Gasteiger partial charge in [-0.1, -0.05) is 18.2 Å². The van der Waals surface area contributed by atoms with Crippen molar-refractivity contribution in [1.82, 2.24) is 14.9 Å². The number of benzene rings is 2. The molecular formula is C19H14ClN3O2. The first-order valence-corrected chi connectivity index (χ1v) is 8.14. The largest absolute Gasteiger partial charge is 0.428 e. The molecule has 0 spiro atoms. The van der Waals surface area contributed by atoms with Gasteiger partial charge < -0.3 is 14.3 Å². The first kappa shape index (κ1) is 15.5. The predicted molar refractivity (Wildman–Crippen MR) is 96.0 cm³/mol. The Bertz CT molecular complexity index is 1040. The van der Waals surface area contributed by atoms with Crippen molar-refractivity contribution in [2.24, 2.45) is 0 Å². The van der Waals surface area contributed by atoms with E-state index in [9.17, 15) is 4.79 Å². The number of aromatic nitrogens is 2. The Kier molecular flexibility index (Phi) is 3.99. The van der Waals surface area contributed by atoms with Crippen LogP contribution in [0.2, 0.25) is 5.35 Å². The van der Waals surface area contributed by atoms with Crippen LogP contribution in [-0.2, 0) is 6.54 Å². The first-order valence-electron chi connectivity index (χ1n) is 7.77. The number of hydrogen-bond acceptors (Lipinski definition) is 3. The molecule has 0 fully saturated rings. The van der Waals surface area contributed by atoms with Crippen molar-refractivity contribution < 1.29 is 9.21 Å². The van der Waals surface area contributed by atoms with E-state index in [4.69, 9.17) is 16.0 Å². The molecule has 5 nitrogen and oxygen atoms in total. The summed E-state index contributed by atoms with van der Waals surface area (Å²) in [6, 6.07) is 19.0. The highest BCUT2D eigenvalue weighted by molar-refractivity contribution is 6.28. The number of nitrogens with one attached hydrogen (secondary N) is 1. The second-order valence-electron chi connectivity index (χ2n) is 5.54. The lowest BCUT2D eigenvalue weighted by molar-refractivity contribution is 0.0950. The van der Waals surface area contributed by atoms with Gasteiger partial charge in [0.05, 0.1) is 6.54 Å². The SMILES string of the molecule is O=C(NCc1cccn1-c1ccccc1)c1ccc2nc(Cl)oc2c1. The maximum atomic E-state index is 12.4. The Morgan fingerprint density at radius 1 is 1.12 bits per heavy atom. The zero-order chi connectivity index (χ0) is 17.2. The standard InChI is InChI=1S/C19H14ClN3O2/c20-19-22-16-9-8-13(11-17(16)25-19)18(24)21-12-15-7-4-10-23(15)14-5-2-1-3-6-14/h1-11H,12H2,(H,21,24). The summed E-state index contributed by atoms with van der Waals surface area (Å²) in [6.45, 7) is 0.413. The van der Waals surface area contributed by atoms with E-state index in [0.717, 1.165) is 11.4 Å². The van der Waals surface area contributed by atoms with Gasteiger partial charge >= 0.3 is 0 Å². The number of para-hydroxylation sites is 1. The topological polar surface area (TPSA) is 60.1 Å². The fourth-order valence-electron chi connectivity index (χ4n) is 2.71. The van der Waals surface area contributed by atoms with Crippen molar-refractivity contribution in [3.63, 3.8) is 0 Å². The van der Waals surface area contributed by atoms with Crippen LogP contribution in [0.3, 0.4) is 0 Å². The molecule has 0 aliphatic rings. The number of carbonyl (C=O) groups excluding carboxylic acids is 1. The molecule has 2 aromatic heterocycles. The zero-order valence-electron chi connectivity index (χ0n) is 13.1. The Morgan fingerprint density at radius 2 is 1.96 bits per heavy atom. The Balaban J connectivity index is 1.51. The quantitative estimate of drug-likeness (QED) is 0.599. The second kappa shape index (κ2) is 6.45. The molecule has 1 amide bonds. The van der Waals surface area contributed by atoms with Gasteiger partial charge in [0.15, 0.2) is 5.58 Å². The van der Waals surface area contributed by atoms with Gasteiger partial charge in [-0.2, -0.15) is 4.98 Å². The lowest BCUT2D eigenvalue weighted by Gasteiger charge is -2.10. The van der Waals surface area contributed by atoms with Crippen LogP contribution in [-0.4, -0.2) is 15.5 Å². The predicted octanol–water partition coefficient (Wildman–Crippen LogP) is 4.20. The van der Waals surface area contributed by atoms with Crippen LogP contribution in [0.5, 0.6) is 0 Å². The molecule has 0 atom stereocenters. The summed E-state index contributed by atoms with van der Waals surface area (Å²) in [4.78, 5) is 16.4. The highest BCUT2D eigenvalue weighted by Crippen LogP contribution is 2.20. The summed E-state index contributed by atoms with van der Waals surface area (Å²) in [6.07, 6.45) is 1.97. The van der Waals surface area contributed by atoms with Gasteiger partial charge in [-0.15, -0.1) is 0 Å². The molecule has 4 rings (SSSR count). The molecule has 1 N–H and O–H groups in total. The van der Waals surface area contributed by atoms with Crippen LogP contribution in [0.1, 0.15) is 16.1 Å². The summed E-state index contributed by atoms with van der Waals surface area (Å²) >= 11 is 5.74. The van der Waals surface area contributed by atoms with Crippen molar-refractivity contribution in [3.05, 3.63) is 83.5 Å². The number of hydrogen-bond donors (Lipinski definition) is 1. The van der Waals surface area contributed by atoms with Crippen LogP contribution >= 0.6 is 11.6 Å². The number of halogens is 1.